The quantitative estimate of drug-likeness (QED) is 0.780. The van der Waals surface area contributed by atoms with E-state index in [4.69, 9.17) is 10.5 Å². The van der Waals surface area contributed by atoms with Crippen LogP contribution in [-0.2, 0) is 4.74 Å². The molecule has 1 atom stereocenters. The second-order valence-corrected chi connectivity index (χ2v) is 3.07. The van der Waals surface area contributed by atoms with E-state index in [1.165, 1.54) is 0 Å². The summed E-state index contributed by atoms with van der Waals surface area (Å²) >= 11 is 0. The summed E-state index contributed by atoms with van der Waals surface area (Å²) in [6, 6.07) is 1.68. The van der Waals surface area contributed by atoms with Crippen molar-refractivity contribution >= 4 is 5.82 Å². The van der Waals surface area contributed by atoms with Gasteiger partial charge in [0.2, 0.25) is 0 Å². The largest absolute Gasteiger partial charge is 0.384 e. The normalized spacial score (nSPS) is 12.7. The molecule has 0 aliphatic heterocycles. The van der Waals surface area contributed by atoms with Crippen LogP contribution in [0.25, 0.3) is 0 Å². The number of hydrogen-bond acceptors (Lipinski definition) is 4. The van der Waals surface area contributed by atoms with E-state index in [1.54, 1.807) is 12.3 Å². The molecule has 1 heterocycles. The smallest absolute Gasteiger partial charge is 0.159 e. The Bertz CT molecular complexity index is 272. The Morgan fingerprint density at radius 2 is 2.29 bits per heavy atom. The van der Waals surface area contributed by atoms with Crippen LogP contribution in [0.3, 0.4) is 0 Å². The summed E-state index contributed by atoms with van der Waals surface area (Å²) in [5, 5.41) is 0. The van der Waals surface area contributed by atoms with Crippen LogP contribution >= 0.6 is 0 Å². The zero-order valence-electron chi connectivity index (χ0n) is 8.73. The fraction of sp³-hybridized carbons (Fsp3) is 0.600. The highest BCUT2D eigenvalue weighted by Gasteiger charge is 2.13. The van der Waals surface area contributed by atoms with Gasteiger partial charge in [-0.1, -0.05) is 13.3 Å². The number of hydrogen-bond donors (Lipinski definition) is 1. The van der Waals surface area contributed by atoms with Crippen molar-refractivity contribution in [2.24, 2.45) is 0 Å². The Labute approximate surface area is 84.5 Å². The van der Waals surface area contributed by atoms with Crippen LogP contribution in [-0.4, -0.2) is 16.6 Å². The van der Waals surface area contributed by atoms with Crippen LogP contribution in [0.4, 0.5) is 5.82 Å². The van der Waals surface area contributed by atoms with Crippen molar-refractivity contribution in [1.29, 1.82) is 0 Å². The van der Waals surface area contributed by atoms with Gasteiger partial charge in [-0.25, -0.2) is 9.97 Å². The van der Waals surface area contributed by atoms with Gasteiger partial charge in [-0.2, -0.15) is 0 Å². The summed E-state index contributed by atoms with van der Waals surface area (Å²) < 4.78 is 5.54. The Hall–Kier alpha value is -1.16. The average Bonchev–Trinajstić information content (AvgIpc) is 2.17. The molecular weight excluding hydrogens is 178 g/mol. The van der Waals surface area contributed by atoms with Crippen LogP contribution < -0.4 is 5.73 Å². The first-order valence-corrected chi connectivity index (χ1v) is 4.98. The van der Waals surface area contributed by atoms with Crippen molar-refractivity contribution in [2.45, 2.75) is 32.8 Å². The molecule has 14 heavy (non-hydrogen) atoms. The second kappa shape index (κ2) is 5.54. The number of nitrogens with zero attached hydrogens (tertiary/aromatic N) is 2. The number of ether oxygens (including phenoxy) is 1. The number of nitrogen functional groups attached to an aromatic ring is 1. The Morgan fingerprint density at radius 3 is 2.86 bits per heavy atom. The maximum atomic E-state index is 5.58. The summed E-state index contributed by atoms with van der Waals surface area (Å²) in [6.07, 6.45) is 3.62. The lowest BCUT2D eigenvalue weighted by atomic mass is 10.2. The number of aromatic nitrogens is 2. The number of rotatable bonds is 5. The molecule has 1 unspecified atom stereocenters. The standard InChI is InChI=1S/C10H17N3O/c1-3-5-8(14-4-2)10-12-7-6-9(11)13-10/h6-8H,3-5H2,1-2H3,(H2,11,12,13). The van der Waals surface area contributed by atoms with Gasteiger partial charge in [0, 0.05) is 12.8 Å². The molecule has 0 saturated carbocycles. The summed E-state index contributed by atoms with van der Waals surface area (Å²) in [6.45, 7) is 4.75. The molecule has 1 rings (SSSR count). The fourth-order valence-corrected chi connectivity index (χ4v) is 1.29. The van der Waals surface area contributed by atoms with Gasteiger partial charge in [0.05, 0.1) is 0 Å². The molecule has 2 N–H and O–H groups in total. The highest BCUT2D eigenvalue weighted by molar-refractivity contribution is 5.25. The van der Waals surface area contributed by atoms with E-state index in [2.05, 4.69) is 16.9 Å². The maximum absolute atomic E-state index is 5.58. The first-order valence-electron chi connectivity index (χ1n) is 4.98. The lowest BCUT2D eigenvalue weighted by molar-refractivity contribution is 0.0495. The number of anilines is 1. The van der Waals surface area contributed by atoms with E-state index in [9.17, 15) is 0 Å². The SMILES string of the molecule is CCCC(OCC)c1nccc(N)n1. The zero-order chi connectivity index (χ0) is 10.4. The molecule has 78 valence electrons. The Kier molecular flexibility index (Phi) is 4.32. The van der Waals surface area contributed by atoms with Gasteiger partial charge in [0.25, 0.3) is 0 Å². The summed E-state index contributed by atoms with van der Waals surface area (Å²) in [7, 11) is 0. The topological polar surface area (TPSA) is 61.0 Å². The van der Waals surface area contributed by atoms with E-state index >= 15 is 0 Å². The van der Waals surface area contributed by atoms with Crippen LogP contribution in [0.5, 0.6) is 0 Å². The molecule has 4 nitrogen and oxygen atoms in total. The Morgan fingerprint density at radius 1 is 1.50 bits per heavy atom. The van der Waals surface area contributed by atoms with Crippen molar-refractivity contribution < 1.29 is 4.74 Å². The molecule has 0 radical (unpaired) electrons. The van der Waals surface area contributed by atoms with E-state index < -0.39 is 0 Å². The monoisotopic (exact) mass is 195 g/mol. The molecule has 4 heteroatoms. The predicted octanol–water partition coefficient (Wildman–Crippen LogP) is 1.94. The van der Waals surface area contributed by atoms with Crippen molar-refractivity contribution in [3.8, 4) is 0 Å². The summed E-state index contributed by atoms with van der Waals surface area (Å²) in [4.78, 5) is 8.31. The molecule has 0 aliphatic rings. The van der Waals surface area contributed by atoms with Gasteiger partial charge in [-0.05, 0) is 19.4 Å². The molecule has 0 aliphatic carbocycles. The number of nitrogens with two attached hydrogens (primary N) is 1. The first-order chi connectivity index (χ1) is 6.77. The van der Waals surface area contributed by atoms with Crippen LogP contribution in [0.2, 0.25) is 0 Å². The molecule has 0 aromatic carbocycles. The van der Waals surface area contributed by atoms with Gasteiger partial charge in [0.1, 0.15) is 11.9 Å². The lowest BCUT2D eigenvalue weighted by Crippen LogP contribution is -2.09. The van der Waals surface area contributed by atoms with Crippen molar-refractivity contribution in [3.63, 3.8) is 0 Å². The van der Waals surface area contributed by atoms with Gasteiger partial charge < -0.3 is 10.5 Å². The zero-order valence-corrected chi connectivity index (χ0v) is 8.73. The van der Waals surface area contributed by atoms with Crippen molar-refractivity contribution in [2.75, 3.05) is 12.3 Å². The van der Waals surface area contributed by atoms with Gasteiger partial charge in [-0.15, -0.1) is 0 Å². The second-order valence-electron chi connectivity index (χ2n) is 3.07. The molecule has 0 spiro atoms. The molecule has 1 aromatic heterocycles. The van der Waals surface area contributed by atoms with Crippen LogP contribution in [0.1, 0.15) is 38.6 Å². The molecule has 0 amide bonds. The van der Waals surface area contributed by atoms with E-state index in [0.29, 0.717) is 18.2 Å². The summed E-state index contributed by atoms with van der Waals surface area (Å²) in [5.41, 5.74) is 5.58. The molecule has 0 fully saturated rings. The first kappa shape index (κ1) is 10.9. The summed E-state index contributed by atoms with van der Waals surface area (Å²) in [5.74, 6) is 1.18. The average molecular weight is 195 g/mol. The highest BCUT2D eigenvalue weighted by Crippen LogP contribution is 2.19. The molecular formula is C10H17N3O. The van der Waals surface area contributed by atoms with Crippen LogP contribution in [0.15, 0.2) is 12.3 Å². The van der Waals surface area contributed by atoms with E-state index in [1.807, 2.05) is 6.92 Å². The van der Waals surface area contributed by atoms with Crippen molar-refractivity contribution in [1.82, 2.24) is 9.97 Å². The third kappa shape index (κ3) is 2.96. The van der Waals surface area contributed by atoms with Gasteiger partial charge in [-0.3, -0.25) is 0 Å². The molecule has 0 bridgehead atoms. The predicted molar refractivity (Wildman–Crippen MR) is 55.7 cm³/mol. The fourth-order valence-electron chi connectivity index (χ4n) is 1.29. The Balaban J connectivity index is 2.75. The maximum Gasteiger partial charge on any atom is 0.159 e. The van der Waals surface area contributed by atoms with Gasteiger partial charge in [0.15, 0.2) is 5.82 Å². The van der Waals surface area contributed by atoms with Crippen LogP contribution in [0, 0.1) is 0 Å². The molecule has 1 aromatic rings. The highest BCUT2D eigenvalue weighted by atomic mass is 16.5. The molecule has 0 saturated heterocycles. The minimum Gasteiger partial charge on any atom is -0.384 e. The van der Waals surface area contributed by atoms with E-state index in [-0.39, 0.29) is 6.10 Å². The lowest BCUT2D eigenvalue weighted by Gasteiger charge is -2.14. The van der Waals surface area contributed by atoms with Crippen molar-refractivity contribution in [3.05, 3.63) is 18.1 Å². The minimum absolute atomic E-state index is 0.0199. The van der Waals surface area contributed by atoms with Gasteiger partial charge >= 0.3 is 0 Å². The third-order valence-electron chi connectivity index (χ3n) is 1.90. The minimum atomic E-state index is -0.0199. The van der Waals surface area contributed by atoms with E-state index in [0.717, 1.165) is 12.8 Å². The third-order valence-corrected chi connectivity index (χ3v) is 1.90.